The summed E-state index contributed by atoms with van der Waals surface area (Å²) in [6, 6.07) is 0. The zero-order valence-corrected chi connectivity index (χ0v) is 8.66. The molecule has 1 rings (SSSR count). The molecule has 0 aliphatic rings. The normalized spacial score (nSPS) is 13.6. The Hall–Kier alpha value is -1.23. The van der Waals surface area contributed by atoms with Gasteiger partial charge in [0.1, 0.15) is 0 Å². The Morgan fingerprint density at radius 3 is 1.44 bits per heavy atom. The van der Waals surface area contributed by atoms with Crippen LogP contribution in [0.1, 0.15) is 0 Å². The Morgan fingerprint density at radius 2 is 1.11 bits per heavy atom. The average Bonchev–Trinajstić information content (AvgIpc) is 2.28. The van der Waals surface area contributed by atoms with Gasteiger partial charge in [-0.15, -0.1) is 13.2 Å². The van der Waals surface area contributed by atoms with Crippen molar-refractivity contribution in [2.45, 2.75) is 5.51 Å². The number of alkyl halides is 3. The first kappa shape index (κ1) is 14.8. The summed E-state index contributed by atoms with van der Waals surface area (Å²) >= 11 is -4.02. The van der Waals surface area contributed by atoms with E-state index in [9.17, 15) is 39.7 Å². The third kappa shape index (κ3) is 2.61. The lowest BCUT2D eigenvalue weighted by Gasteiger charge is -2.14. The van der Waals surface area contributed by atoms with Gasteiger partial charge in [-0.05, 0) is 0 Å². The van der Waals surface area contributed by atoms with Gasteiger partial charge in [0.05, 0.1) is 0 Å². The summed E-state index contributed by atoms with van der Waals surface area (Å²) in [4.78, 5) is 0. The van der Waals surface area contributed by atoms with E-state index in [1.54, 1.807) is 0 Å². The Kier molecular flexibility index (Phi) is 3.96. The zero-order valence-electron chi connectivity index (χ0n) is 7.84. The van der Waals surface area contributed by atoms with Crippen LogP contribution in [0.2, 0.25) is 0 Å². The van der Waals surface area contributed by atoms with Gasteiger partial charge in [0.25, 0.3) is 0 Å². The van der Waals surface area contributed by atoms with Crippen LogP contribution in [0.15, 0.2) is 0 Å². The van der Waals surface area contributed by atoms with Crippen LogP contribution in [0.3, 0.4) is 0 Å². The summed E-state index contributed by atoms with van der Waals surface area (Å²) in [5.41, 5.74) is -7.44. The fourth-order valence-electron chi connectivity index (χ4n) is 0.845. The number of hydrogen-bond acceptors (Lipinski definition) is 2. The monoisotopic (exact) mass is 299 g/mol. The highest BCUT2D eigenvalue weighted by molar-refractivity contribution is 7.93. The molecule has 0 heterocycles. The quantitative estimate of drug-likeness (QED) is 0.394. The van der Waals surface area contributed by atoms with E-state index < -0.39 is 51.6 Å². The number of hydrogen-bond donors (Lipinski definition) is 1. The van der Waals surface area contributed by atoms with Gasteiger partial charge < -0.3 is 4.55 Å². The van der Waals surface area contributed by atoms with Gasteiger partial charge in [0.2, 0.25) is 5.82 Å². The minimum atomic E-state index is -5.43. The second-order valence-electron chi connectivity index (χ2n) is 2.76. The molecule has 0 saturated carbocycles. The molecule has 2 nitrogen and oxygen atoms in total. The molecule has 1 N–H and O–H groups in total. The largest absolute Gasteiger partial charge is 0.598 e. The molecule has 1 unspecified atom stereocenters. The van der Waals surface area contributed by atoms with Gasteiger partial charge in [-0.25, -0.2) is 22.0 Å². The number of rotatable bonds is 2. The van der Waals surface area contributed by atoms with Crippen LogP contribution in [0.25, 0.3) is 0 Å². The lowest BCUT2D eigenvalue weighted by atomic mass is 10.2. The highest BCUT2D eigenvalue weighted by atomic mass is 32.2. The number of anilines is 1. The Balaban J connectivity index is 3.26. The molecule has 0 aliphatic carbocycles. The molecule has 102 valence electrons. The average molecular weight is 299 g/mol. The van der Waals surface area contributed by atoms with Gasteiger partial charge >= 0.3 is 5.51 Å². The summed E-state index contributed by atoms with van der Waals surface area (Å²) in [6.45, 7) is 0. The number of nitrogens with one attached hydrogen (secondary N) is 1. The minimum absolute atomic E-state index is 0.678. The Morgan fingerprint density at radius 1 is 0.778 bits per heavy atom. The first-order valence-electron chi connectivity index (χ1n) is 3.84. The third-order valence-electron chi connectivity index (χ3n) is 1.61. The summed E-state index contributed by atoms with van der Waals surface area (Å²) in [5.74, 6) is -12.5. The van der Waals surface area contributed by atoms with Crippen molar-refractivity contribution >= 4 is 17.0 Å². The second-order valence-corrected chi connectivity index (χ2v) is 3.97. The van der Waals surface area contributed by atoms with Crippen molar-refractivity contribution in [1.29, 1.82) is 0 Å². The molecule has 18 heavy (non-hydrogen) atoms. The van der Waals surface area contributed by atoms with Crippen LogP contribution >= 0.6 is 0 Å². The SMILES string of the molecule is [O-][S+](Nc1c(F)c(F)c(F)c(F)c1F)C(F)(F)F. The van der Waals surface area contributed by atoms with E-state index in [0.29, 0.717) is 4.72 Å². The molecule has 0 bridgehead atoms. The molecule has 1 aromatic carbocycles. The van der Waals surface area contributed by atoms with Crippen molar-refractivity contribution in [3.05, 3.63) is 29.1 Å². The predicted molar refractivity (Wildman–Crippen MR) is 44.1 cm³/mol. The topological polar surface area (TPSA) is 35.1 Å². The van der Waals surface area contributed by atoms with E-state index in [1.165, 1.54) is 0 Å². The maximum absolute atomic E-state index is 12.9. The van der Waals surface area contributed by atoms with Gasteiger partial charge in [-0.1, -0.05) is 0 Å². The Bertz CT molecular complexity index is 446. The number of halogens is 8. The van der Waals surface area contributed by atoms with Crippen LogP contribution in [-0.4, -0.2) is 10.1 Å². The van der Waals surface area contributed by atoms with Crippen molar-refractivity contribution in [2.24, 2.45) is 0 Å². The van der Waals surface area contributed by atoms with Crippen LogP contribution in [-0.2, 0) is 11.4 Å². The van der Waals surface area contributed by atoms with Crippen LogP contribution in [0.5, 0.6) is 0 Å². The summed E-state index contributed by atoms with van der Waals surface area (Å²) in [5, 5.41) is 0. The first-order valence-corrected chi connectivity index (χ1v) is 4.99. The van der Waals surface area contributed by atoms with Crippen molar-refractivity contribution in [1.82, 2.24) is 0 Å². The van der Waals surface area contributed by atoms with Crippen LogP contribution < -0.4 is 4.72 Å². The lowest BCUT2D eigenvalue weighted by molar-refractivity contribution is -0.0428. The molecule has 0 saturated heterocycles. The van der Waals surface area contributed by atoms with Crippen molar-refractivity contribution in [2.75, 3.05) is 4.72 Å². The fraction of sp³-hybridized carbons (Fsp3) is 0.143. The first-order chi connectivity index (χ1) is 8.07. The van der Waals surface area contributed by atoms with Crippen LogP contribution in [0.4, 0.5) is 40.8 Å². The van der Waals surface area contributed by atoms with E-state index in [2.05, 4.69) is 0 Å². The van der Waals surface area contributed by atoms with E-state index in [-0.39, 0.29) is 0 Å². The fourth-order valence-corrected chi connectivity index (χ4v) is 1.33. The van der Waals surface area contributed by atoms with Gasteiger partial charge in [0.15, 0.2) is 40.3 Å². The molecule has 11 heteroatoms. The molecule has 0 radical (unpaired) electrons. The van der Waals surface area contributed by atoms with E-state index in [1.807, 2.05) is 0 Å². The smallest absolute Gasteiger partial charge is 0.586 e. The van der Waals surface area contributed by atoms with Gasteiger partial charge in [-0.3, -0.25) is 0 Å². The van der Waals surface area contributed by atoms with Crippen LogP contribution in [0, 0.1) is 29.1 Å². The lowest BCUT2D eigenvalue weighted by Crippen LogP contribution is -2.31. The van der Waals surface area contributed by atoms with Gasteiger partial charge in [0, 0.05) is 0 Å². The molecule has 0 aliphatic heterocycles. The van der Waals surface area contributed by atoms with Crippen molar-refractivity contribution in [3.8, 4) is 0 Å². The Labute approximate surface area is 96.9 Å². The highest BCUT2D eigenvalue weighted by Crippen LogP contribution is 2.31. The van der Waals surface area contributed by atoms with Crippen molar-refractivity contribution in [3.63, 3.8) is 0 Å². The zero-order chi connectivity index (χ0) is 14.2. The summed E-state index contributed by atoms with van der Waals surface area (Å²) < 4.78 is 110. The van der Waals surface area contributed by atoms with E-state index >= 15 is 0 Å². The molecule has 1 aromatic rings. The standard InChI is InChI=1S/C7HF8NOS/c8-1-2(9)4(11)6(5(12)3(1)10)16-18(17)7(13,14)15/h16H. The molecule has 0 aromatic heterocycles. The maximum atomic E-state index is 12.9. The number of benzene rings is 1. The highest BCUT2D eigenvalue weighted by Gasteiger charge is 2.47. The predicted octanol–water partition coefficient (Wildman–Crippen LogP) is 2.98. The maximum Gasteiger partial charge on any atom is 0.598 e. The van der Waals surface area contributed by atoms with E-state index in [0.717, 1.165) is 0 Å². The third-order valence-corrected chi connectivity index (χ3v) is 2.42. The van der Waals surface area contributed by atoms with E-state index in [4.69, 9.17) is 0 Å². The second kappa shape index (κ2) is 4.80. The van der Waals surface area contributed by atoms with Gasteiger partial charge in [-0.2, -0.15) is 4.72 Å². The van der Waals surface area contributed by atoms with Crippen molar-refractivity contribution < 1.29 is 39.7 Å². The molecular formula is C7HF8NOS. The summed E-state index contributed by atoms with van der Waals surface area (Å²) in [7, 11) is 0. The minimum Gasteiger partial charge on any atom is -0.586 e. The molecule has 0 amide bonds. The molecule has 0 fully saturated rings. The molecular weight excluding hydrogens is 298 g/mol. The molecule has 1 atom stereocenters. The summed E-state index contributed by atoms with van der Waals surface area (Å²) in [6.07, 6.45) is 0. The molecule has 0 spiro atoms.